The van der Waals surface area contributed by atoms with Crippen LogP contribution in [-0.4, -0.2) is 69.4 Å². The van der Waals surface area contributed by atoms with Gasteiger partial charge in [0.05, 0.1) is 32.2 Å². The maximum Gasteiger partial charge on any atom is 0.254 e. The Hall–Kier alpha value is -3.28. The second-order valence-electron chi connectivity index (χ2n) is 9.23. The topological polar surface area (TPSA) is 112 Å². The number of aryl methyl sites for hydroxylation is 1. The van der Waals surface area contributed by atoms with Gasteiger partial charge in [-0.2, -0.15) is 0 Å². The van der Waals surface area contributed by atoms with Crippen molar-refractivity contribution >= 4 is 32.9 Å². The molecule has 0 radical (unpaired) electrons. The number of methoxy groups -OCH3 is 3. The number of sulfone groups is 1. The fourth-order valence-corrected chi connectivity index (χ4v) is 6.03. The number of amides is 1. The van der Waals surface area contributed by atoms with E-state index in [1.807, 2.05) is 37.3 Å². The summed E-state index contributed by atoms with van der Waals surface area (Å²) in [6.07, 6.45) is 1.48. The number of hydrogen-bond donors (Lipinski definition) is 0. The summed E-state index contributed by atoms with van der Waals surface area (Å²) in [6.45, 7) is 4.03. The number of benzene rings is 2. The molecule has 11 heteroatoms. The molecule has 1 aromatic heterocycles. The zero-order chi connectivity index (χ0) is 29.3. The molecule has 9 nitrogen and oxygen atoms in total. The standard InChI is InChI=1S/C29H36N2O7S2/c1-6-40(34,35)19-23(32)28-26(18-36-3)39-27(30-28)17-31(14-10-13-21-11-8-7-9-12-21)29(33)22-15-24(37-4)20(2)25(16-22)38-5/h7-9,11-12,15-16H,6,10,13-14,17-19H2,1-5H3. The number of carbonyl (C=O) groups excluding carboxylic acids is 2. The number of Topliss-reactive ketones (excluding diaryl/α,β-unsaturated/α-hetero) is 1. The fourth-order valence-electron chi connectivity index (χ4n) is 4.21. The van der Waals surface area contributed by atoms with Crippen LogP contribution in [0, 0.1) is 6.92 Å². The quantitative estimate of drug-likeness (QED) is 0.239. The largest absolute Gasteiger partial charge is 0.496 e. The number of carbonyl (C=O) groups is 2. The maximum atomic E-state index is 13.8. The van der Waals surface area contributed by atoms with Crippen LogP contribution in [0.5, 0.6) is 11.5 Å². The molecular formula is C29H36N2O7S2. The lowest BCUT2D eigenvalue weighted by atomic mass is 10.1. The Morgan fingerprint density at radius 1 is 1.02 bits per heavy atom. The second-order valence-corrected chi connectivity index (χ2v) is 12.8. The van der Waals surface area contributed by atoms with Crippen LogP contribution in [0.15, 0.2) is 42.5 Å². The number of thiazole rings is 1. The Morgan fingerprint density at radius 3 is 2.25 bits per heavy atom. The van der Waals surface area contributed by atoms with Gasteiger partial charge in [-0.3, -0.25) is 9.59 Å². The molecule has 0 atom stereocenters. The average Bonchev–Trinajstić information content (AvgIpc) is 3.35. The van der Waals surface area contributed by atoms with Crippen molar-refractivity contribution in [2.24, 2.45) is 0 Å². The summed E-state index contributed by atoms with van der Waals surface area (Å²) in [7, 11) is 1.04. The third-order valence-electron chi connectivity index (χ3n) is 6.42. The number of ether oxygens (including phenoxy) is 3. The van der Waals surface area contributed by atoms with Crippen molar-refractivity contribution in [3.63, 3.8) is 0 Å². The minimum atomic E-state index is -3.53. The fraction of sp³-hybridized carbons (Fsp3) is 0.414. The molecule has 0 saturated carbocycles. The van der Waals surface area contributed by atoms with Crippen LogP contribution in [0.4, 0.5) is 0 Å². The van der Waals surface area contributed by atoms with Gasteiger partial charge in [0.1, 0.15) is 28.0 Å². The Balaban J connectivity index is 1.93. The molecule has 1 amide bonds. The molecule has 0 bridgehead atoms. The van der Waals surface area contributed by atoms with Crippen molar-refractivity contribution in [3.05, 3.63) is 74.7 Å². The number of rotatable bonds is 15. The van der Waals surface area contributed by atoms with E-state index in [2.05, 4.69) is 4.98 Å². The predicted octanol–water partition coefficient (Wildman–Crippen LogP) is 4.51. The molecule has 40 heavy (non-hydrogen) atoms. The van der Waals surface area contributed by atoms with Crippen molar-refractivity contribution < 1.29 is 32.2 Å². The average molecular weight is 589 g/mol. The van der Waals surface area contributed by atoms with Crippen LogP contribution >= 0.6 is 11.3 Å². The molecule has 0 N–H and O–H groups in total. The lowest BCUT2D eigenvalue weighted by Crippen LogP contribution is -2.32. The third kappa shape index (κ3) is 8.12. The van der Waals surface area contributed by atoms with Gasteiger partial charge in [-0.15, -0.1) is 11.3 Å². The van der Waals surface area contributed by atoms with Crippen LogP contribution in [0.25, 0.3) is 0 Å². The summed E-state index contributed by atoms with van der Waals surface area (Å²) < 4.78 is 40.4. The van der Waals surface area contributed by atoms with E-state index in [-0.39, 0.29) is 30.5 Å². The summed E-state index contributed by atoms with van der Waals surface area (Å²) in [5.41, 5.74) is 2.42. The van der Waals surface area contributed by atoms with E-state index in [1.165, 1.54) is 39.6 Å². The lowest BCUT2D eigenvalue weighted by Gasteiger charge is -2.23. The molecule has 0 aliphatic heterocycles. The number of nitrogens with zero attached hydrogens (tertiary/aromatic N) is 2. The summed E-state index contributed by atoms with van der Waals surface area (Å²) >= 11 is 1.24. The molecule has 0 aliphatic carbocycles. The van der Waals surface area contributed by atoms with E-state index >= 15 is 0 Å². The van der Waals surface area contributed by atoms with Crippen molar-refractivity contribution in [2.45, 2.75) is 39.8 Å². The Labute approximate surface area is 240 Å². The van der Waals surface area contributed by atoms with Crippen molar-refractivity contribution in [1.29, 1.82) is 0 Å². The predicted molar refractivity (Wildman–Crippen MR) is 155 cm³/mol. The van der Waals surface area contributed by atoms with Gasteiger partial charge < -0.3 is 19.1 Å². The van der Waals surface area contributed by atoms with Crippen LogP contribution in [0.2, 0.25) is 0 Å². The first-order valence-electron chi connectivity index (χ1n) is 12.9. The van der Waals surface area contributed by atoms with Gasteiger partial charge in [-0.25, -0.2) is 13.4 Å². The van der Waals surface area contributed by atoms with Gasteiger partial charge in [-0.1, -0.05) is 37.3 Å². The molecule has 3 aromatic rings. The molecule has 2 aromatic carbocycles. The highest BCUT2D eigenvalue weighted by atomic mass is 32.2. The second kappa shape index (κ2) is 14.4. The highest BCUT2D eigenvalue weighted by molar-refractivity contribution is 7.92. The number of ketones is 1. The van der Waals surface area contributed by atoms with Crippen molar-refractivity contribution in [1.82, 2.24) is 9.88 Å². The van der Waals surface area contributed by atoms with Gasteiger partial charge in [0.25, 0.3) is 5.91 Å². The highest BCUT2D eigenvalue weighted by Gasteiger charge is 2.25. The molecule has 3 rings (SSSR count). The summed E-state index contributed by atoms with van der Waals surface area (Å²) in [5.74, 6) is -0.502. The van der Waals surface area contributed by atoms with Crippen LogP contribution < -0.4 is 9.47 Å². The Kier molecular flexibility index (Phi) is 11.2. The van der Waals surface area contributed by atoms with E-state index in [9.17, 15) is 18.0 Å². The molecule has 0 saturated heterocycles. The first-order chi connectivity index (χ1) is 19.1. The molecule has 1 heterocycles. The normalized spacial score (nSPS) is 11.3. The molecule has 0 unspecified atom stereocenters. The maximum absolute atomic E-state index is 13.8. The molecular weight excluding hydrogens is 552 g/mol. The minimum Gasteiger partial charge on any atom is -0.496 e. The summed E-state index contributed by atoms with van der Waals surface area (Å²) in [6, 6.07) is 13.4. The van der Waals surface area contributed by atoms with Gasteiger partial charge in [0, 0.05) is 30.5 Å². The Morgan fingerprint density at radius 2 is 1.68 bits per heavy atom. The van der Waals surface area contributed by atoms with E-state index in [0.717, 1.165) is 17.5 Å². The van der Waals surface area contributed by atoms with E-state index in [1.54, 1.807) is 17.0 Å². The monoisotopic (exact) mass is 588 g/mol. The van der Waals surface area contributed by atoms with E-state index < -0.39 is 21.4 Å². The number of hydrogen-bond acceptors (Lipinski definition) is 9. The zero-order valence-electron chi connectivity index (χ0n) is 23.6. The minimum absolute atomic E-state index is 0.0780. The van der Waals surface area contributed by atoms with E-state index in [0.29, 0.717) is 39.9 Å². The summed E-state index contributed by atoms with van der Waals surface area (Å²) in [4.78, 5) is 33.4. The van der Waals surface area contributed by atoms with Gasteiger partial charge in [-0.05, 0) is 37.5 Å². The van der Waals surface area contributed by atoms with Crippen LogP contribution in [0.3, 0.4) is 0 Å². The van der Waals surface area contributed by atoms with Crippen molar-refractivity contribution in [3.8, 4) is 11.5 Å². The molecule has 0 fully saturated rings. The highest BCUT2D eigenvalue weighted by Crippen LogP contribution is 2.31. The smallest absolute Gasteiger partial charge is 0.254 e. The van der Waals surface area contributed by atoms with Crippen LogP contribution in [-0.2, 0) is 34.1 Å². The third-order valence-corrected chi connectivity index (χ3v) is 9.02. The van der Waals surface area contributed by atoms with Gasteiger partial charge in [0.15, 0.2) is 15.6 Å². The van der Waals surface area contributed by atoms with Gasteiger partial charge in [0.2, 0.25) is 0 Å². The first-order valence-corrected chi connectivity index (χ1v) is 15.5. The molecule has 216 valence electrons. The number of aromatic nitrogens is 1. The SMILES string of the molecule is CCS(=O)(=O)CC(=O)c1nc(CN(CCCc2ccccc2)C(=O)c2cc(OC)c(C)c(OC)c2)sc1COC. The first kappa shape index (κ1) is 31.3. The van der Waals surface area contributed by atoms with Crippen LogP contribution in [0.1, 0.15) is 55.2 Å². The van der Waals surface area contributed by atoms with E-state index in [4.69, 9.17) is 14.2 Å². The molecule has 0 aliphatic rings. The van der Waals surface area contributed by atoms with Crippen molar-refractivity contribution in [2.75, 3.05) is 39.4 Å². The molecule has 0 spiro atoms. The Bertz CT molecular complexity index is 1390. The van der Waals surface area contributed by atoms with Gasteiger partial charge >= 0.3 is 0 Å². The lowest BCUT2D eigenvalue weighted by molar-refractivity contribution is 0.0740. The summed E-state index contributed by atoms with van der Waals surface area (Å²) in [5, 5.41) is 0.517. The zero-order valence-corrected chi connectivity index (χ0v) is 25.2.